The zero-order chi connectivity index (χ0) is 20.3. The number of rotatable bonds is 7. The fourth-order valence-corrected chi connectivity index (χ4v) is 3.66. The average Bonchev–Trinajstić information content (AvgIpc) is 3.03. The topological polar surface area (TPSA) is 78.3 Å². The number of carbonyl (C=O) groups is 1. The van der Waals surface area contributed by atoms with Crippen molar-refractivity contribution in [1.82, 2.24) is 14.8 Å². The largest absolute Gasteiger partial charge is 0.491 e. The Hall–Kier alpha value is -2.48. The van der Waals surface area contributed by atoms with E-state index in [9.17, 15) is 4.79 Å². The van der Waals surface area contributed by atoms with Gasteiger partial charge in [0.2, 0.25) is 11.1 Å². The van der Waals surface area contributed by atoms with E-state index in [2.05, 4.69) is 22.3 Å². The van der Waals surface area contributed by atoms with Crippen LogP contribution >= 0.6 is 11.8 Å². The van der Waals surface area contributed by atoms with Gasteiger partial charge in [0.25, 0.3) is 0 Å². The molecule has 28 heavy (non-hydrogen) atoms. The standard InChI is InChI=1S/C20H26N4O3S/c1-6-26-18(25)16-13(5)21-19-22-20(28-7-2)23-24(19)17(16)14-8-10-15(11-9-14)27-12(3)4/h8-12,17H,6-7H2,1-5H3,(H,21,22,23). The molecule has 3 rings (SSSR count). The molecule has 1 N–H and O–H groups in total. The fourth-order valence-electron chi connectivity index (χ4n) is 3.10. The molecule has 1 aliphatic rings. The molecule has 1 aromatic heterocycles. The van der Waals surface area contributed by atoms with Gasteiger partial charge in [-0.05, 0) is 51.1 Å². The van der Waals surface area contributed by atoms with Crippen molar-refractivity contribution in [2.24, 2.45) is 0 Å². The highest BCUT2D eigenvalue weighted by atomic mass is 32.2. The summed E-state index contributed by atoms with van der Waals surface area (Å²) in [5, 5.41) is 8.50. The number of anilines is 1. The predicted molar refractivity (Wildman–Crippen MR) is 110 cm³/mol. The van der Waals surface area contributed by atoms with Crippen molar-refractivity contribution in [3.05, 3.63) is 41.1 Å². The molecule has 2 aromatic rings. The third-order valence-corrected chi connectivity index (χ3v) is 4.89. The summed E-state index contributed by atoms with van der Waals surface area (Å²) in [5.41, 5.74) is 2.17. The molecule has 0 saturated carbocycles. The molecule has 8 heteroatoms. The molecule has 7 nitrogen and oxygen atoms in total. The summed E-state index contributed by atoms with van der Waals surface area (Å²) < 4.78 is 12.8. The van der Waals surface area contributed by atoms with Crippen molar-refractivity contribution in [2.45, 2.75) is 51.9 Å². The number of hydrogen-bond acceptors (Lipinski definition) is 7. The smallest absolute Gasteiger partial charge is 0.338 e. The third-order valence-electron chi connectivity index (χ3n) is 4.17. The lowest BCUT2D eigenvalue weighted by molar-refractivity contribution is -0.139. The van der Waals surface area contributed by atoms with Crippen LogP contribution in [0.1, 0.15) is 46.2 Å². The maximum atomic E-state index is 12.7. The van der Waals surface area contributed by atoms with E-state index in [1.165, 1.54) is 0 Å². The van der Waals surface area contributed by atoms with Gasteiger partial charge in [-0.25, -0.2) is 9.48 Å². The summed E-state index contributed by atoms with van der Waals surface area (Å²) in [5.74, 6) is 1.92. The second-order valence-corrected chi connectivity index (χ2v) is 7.85. The molecule has 0 bridgehead atoms. The number of nitrogens with one attached hydrogen (secondary N) is 1. The summed E-state index contributed by atoms with van der Waals surface area (Å²) in [6.45, 7) is 10.00. The zero-order valence-corrected chi connectivity index (χ0v) is 17.7. The Morgan fingerprint density at radius 3 is 2.61 bits per heavy atom. The van der Waals surface area contributed by atoms with Crippen LogP contribution in [0.25, 0.3) is 0 Å². The summed E-state index contributed by atoms with van der Waals surface area (Å²) in [6, 6.07) is 7.32. The first-order valence-corrected chi connectivity index (χ1v) is 10.4. The van der Waals surface area contributed by atoms with Crippen molar-refractivity contribution in [1.29, 1.82) is 0 Å². The van der Waals surface area contributed by atoms with Gasteiger partial charge in [-0.15, -0.1) is 5.10 Å². The van der Waals surface area contributed by atoms with Crippen LogP contribution in [0.15, 0.2) is 40.7 Å². The first kappa shape index (κ1) is 20.3. The molecule has 1 unspecified atom stereocenters. The van der Waals surface area contributed by atoms with Gasteiger partial charge in [-0.2, -0.15) is 4.98 Å². The van der Waals surface area contributed by atoms with Crippen molar-refractivity contribution in [3.8, 4) is 5.75 Å². The van der Waals surface area contributed by atoms with Gasteiger partial charge >= 0.3 is 5.97 Å². The van der Waals surface area contributed by atoms with E-state index >= 15 is 0 Å². The van der Waals surface area contributed by atoms with Gasteiger partial charge in [0.15, 0.2) is 0 Å². The van der Waals surface area contributed by atoms with E-state index in [1.807, 2.05) is 45.0 Å². The maximum absolute atomic E-state index is 12.7. The highest BCUT2D eigenvalue weighted by Crippen LogP contribution is 2.37. The quantitative estimate of drug-likeness (QED) is 0.553. The first-order valence-electron chi connectivity index (χ1n) is 9.45. The second kappa shape index (κ2) is 8.68. The van der Waals surface area contributed by atoms with Crippen LogP contribution in [0.3, 0.4) is 0 Å². The lowest BCUT2D eigenvalue weighted by Crippen LogP contribution is -2.29. The van der Waals surface area contributed by atoms with Gasteiger partial charge in [0, 0.05) is 5.70 Å². The average molecular weight is 403 g/mol. The van der Waals surface area contributed by atoms with Crippen LogP contribution in [-0.4, -0.2) is 39.2 Å². The lowest BCUT2D eigenvalue weighted by atomic mass is 9.96. The monoisotopic (exact) mass is 402 g/mol. The van der Waals surface area contributed by atoms with E-state index in [-0.39, 0.29) is 12.1 Å². The number of aromatic nitrogens is 3. The van der Waals surface area contributed by atoms with Crippen LogP contribution in [0.2, 0.25) is 0 Å². The molecule has 1 atom stereocenters. The van der Waals surface area contributed by atoms with Crippen LogP contribution < -0.4 is 10.1 Å². The fraction of sp³-hybridized carbons (Fsp3) is 0.450. The van der Waals surface area contributed by atoms with Crippen molar-refractivity contribution in [2.75, 3.05) is 17.7 Å². The molecule has 1 aliphatic heterocycles. The van der Waals surface area contributed by atoms with E-state index in [1.54, 1.807) is 23.4 Å². The minimum absolute atomic E-state index is 0.0949. The Bertz CT molecular complexity index is 874. The van der Waals surface area contributed by atoms with E-state index < -0.39 is 6.04 Å². The van der Waals surface area contributed by atoms with Crippen molar-refractivity contribution >= 4 is 23.7 Å². The number of ether oxygens (including phenoxy) is 2. The molecule has 1 aromatic carbocycles. The Morgan fingerprint density at radius 2 is 2.00 bits per heavy atom. The summed E-state index contributed by atoms with van der Waals surface area (Å²) in [7, 11) is 0. The summed E-state index contributed by atoms with van der Waals surface area (Å²) in [4.78, 5) is 17.3. The number of thioether (sulfide) groups is 1. The van der Waals surface area contributed by atoms with Gasteiger partial charge in [-0.1, -0.05) is 30.8 Å². The van der Waals surface area contributed by atoms with Gasteiger partial charge in [0.05, 0.1) is 18.3 Å². The number of benzene rings is 1. The van der Waals surface area contributed by atoms with Gasteiger partial charge in [-0.3, -0.25) is 0 Å². The Morgan fingerprint density at radius 1 is 1.29 bits per heavy atom. The highest BCUT2D eigenvalue weighted by molar-refractivity contribution is 7.99. The Kier molecular flexibility index (Phi) is 6.28. The second-order valence-electron chi connectivity index (χ2n) is 6.62. The predicted octanol–water partition coefficient (Wildman–Crippen LogP) is 4.03. The van der Waals surface area contributed by atoms with E-state index in [0.717, 1.165) is 22.8 Å². The molecule has 0 fully saturated rings. The Labute approximate surface area is 169 Å². The van der Waals surface area contributed by atoms with Crippen LogP contribution in [0.4, 0.5) is 5.95 Å². The van der Waals surface area contributed by atoms with Crippen molar-refractivity contribution in [3.63, 3.8) is 0 Å². The lowest BCUT2D eigenvalue weighted by Gasteiger charge is -2.28. The molecule has 0 aliphatic carbocycles. The Balaban J connectivity index is 2.05. The maximum Gasteiger partial charge on any atom is 0.338 e. The normalized spacial score (nSPS) is 16.0. The van der Waals surface area contributed by atoms with Gasteiger partial charge in [0.1, 0.15) is 11.8 Å². The van der Waals surface area contributed by atoms with Crippen LogP contribution in [0.5, 0.6) is 5.75 Å². The van der Waals surface area contributed by atoms with Gasteiger partial charge < -0.3 is 14.8 Å². The molecular weight excluding hydrogens is 376 g/mol. The number of carbonyl (C=O) groups excluding carboxylic acids is 1. The summed E-state index contributed by atoms with van der Waals surface area (Å²) in [6.07, 6.45) is 0.0949. The van der Waals surface area contributed by atoms with Crippen LogP contribution in [0, 0.1) is 0 Å². The number of nitrogens with zero attached hydrogens (tertiary/aromatic N) is 3. The number of esters is 1. The first-order chi connectivity index (χ1) is 13.4. The molecule has 0 spiro atoms. The minimum atomic E-state index is -0.415. The number of fused-ring (bicyclic) bond motifs is 1. The van der Waals surface area contributed by atoms with E-state index in [4.69, 9.17) is 9.47 Å². The van der Waals surface area contributed by atoms with Crippen LogP contribution in [-0.2, 0) is 9.53 Å². The molecule has 150 valence electrons. The van der Waals surface area contributed by atoms with E-state index in [0.29, 0.717) is 23.3 Å². The molecule has 2 heterocycles. The molecule has 0 amide bonds. The number of allylic oxidation sites excluding steroid dienone is 1. The summed E-state index contributed by atoms with van der Waals surface area (Å²) >= 11 is 1.56. The molecule has 0 radical (unpaired) electrons. The minimum Gasteiger partial charge on any atom is -0.491 e. The van der Waals surface area contributed by atoms with Crippen molar-refractivity contribution < 1.29 is 14.3 Å². The molecule has 0 saturated heterocycles. The number of hydrogen-bond donors (Lipinski definition) is 1. The third kappa shape index (κ3) is 4.16. The highest BCUT2D eigenvalue weighted by Gasteiger charge is 2.35. The SMILES string of the molecule is CCOC(=O)C1=C(C)Nc2nc(SCC)nn2C1c1ccc(OC(C)C)cc1. The molecular formula is C20H26N4O3S. The zero-order valence-electron chi connectivity index (χ0n) is 16.9.